The summed E-state index contributed by atoms with van der Waals surface area (Å²) in [5.74, 6) is -0.543. The molecule has 0 saturated carbocycles. The Labute approximate surface area is 81.6 Å². The molecule has 0 aromatic carbocycles. The van der Waals surface area contributed by atoms with Crippen LogP contribution < -0.4 is 5.73 Å². The third kappa shape index (κ3) is 2.85. The molecule has 74 valence electrons. The smallest absolute Gasteiger partial charge is 0.354 e. The van der Waals surface area contributed by atoms with Gasteiger partial charge in [-0.05, 0) is 13.0 Å². The molecule has 0 atom stereocenters. The van der Waals surface area contributed by atoms with Gasteiger partial charge in [0.2, 0.25) is 0 Å². The van der Waals surface area contributed by atoms with Crippen molar-refractivity contribution in [3.05, 3.63) is 30.0 Å². The molecule has 0 bridgehead atoms. The fraction of sp³-hybridized carbons (Fsp3) is 0.222. The highest BCUT2D eigenvalue weighted by atomic mass is 16.5. The number of aromatic nitrogens is 2. The predicted molar refractivity (Wildman–Crippen MR) is 50.8 cm³/mol. The zero-order valence-electron chi connectivity index (χ0n) is 7.80. The predicted octanol–water partition coefficient (Wildman–Crippen LogP) is 0.339. The number of ether oxygens (including phenoxy) is 1. The van der Waals surface area contributed by atoms with Crippen LogP contribution >= 0.6 is 0 Å². The largest absolute Gasteiger partial charge is 0.461 e. The van der Waals surface area contributed by atoms with Crippen LogP contribution in [0.2, 0.25) is 0 Å². The fourth-order valence-electron chi connectivity index (χ4n) is 0.818. The lowest BCUT2D eigenvalue weighted by Gasteiger charge is -2.00. The molecule has 0 aliphatic heterocycles. The lowest BCUT2D eigenvalue weighted by atomic mass is 10.3. The summed E-state index contributed by atoms with van der Waals surface area (Å²) < 4.78 is 4.70. The number of carbonyl (C=O) groups excluding carboxylic acids is 1. The van der Waals surface area contributed by atoms with Gasteiger partial charge in [0.15, 0.2) is 0 Å². The Bertz CT molecular complexity index is 335. The maximum atomic E-state index is 11.1. The molecule has 0 unspecified atom stereocenters. The number of hydrogen-bond donors (Lipinski definition) is 1. The van der Waals surface area contributed by atoms with Crippen molar-refractivity contribution in [1.82, 2.24) is 9.97 Å². The number of rotatable bonds is 3. The lowest BCUT2D eigenvalue weighted by molar-refractivity contribution is -0.138. The highest BCUT2D eigenvalue weighted by Crippen LogP contribution is 1.99. The molecule has 0 aliphatic rings. The van der Waals surface area contributed by atoms with Gasteiger partial charge in [-0.2, -0.15) is 0 Å². The van der Waals surface area contributed by atoms with Gasteiger partial charge in [0.05, 0.1) is 18.5 Å². The monoisotopic (exact) mass is 193 g/mol. The second kappa shape index (κ2) is 4.96. The van der Waals surface area contributed by atoms with Gasteiger partial charge in [-0.3, -0.25) is 9.97 Å². The van der Waals surface area contributed by atoms with Gasteiger partial charge in [-0.25, -0.2) is 4.79 Å². The first-order valence-electron chi connectivity index (χ1n) is 4.14. The molecule has 5 nitrogen and oxygen atoms in total. The lowest BCUT2D eigenvalue weighted by Crippen LogP contribution is -2.14. The third-order valence-electron chi connectivity index (χ3n) is 1.40. The molecule has 1 heterocycles. The molecule has 5 heteroatoms. The van der Waals surface area contributed by atoms with Gasteiger partial charge in [0, 0.05) is 12.4 Å². The van der Waals surface area contributed by atoms with Crippen LogP contribution in [0.15, 0.2) is 24.3 Å². The molecule has 0 spiro atoms. The highest BCUT2D eigenvalue weighted by Gasteiger charge is 2.05. The van der Waals surface area contributed by atoms with E-state index in [1.807, 2.05) is 0 Å². The van der Waals surface area contributed by atoms with E-state index in [1.54, 1.807) is 6.92 Å². The first kappa shape index (κ1) is 10.2. The summed E-state index contributed by atoms with van der Waals surface area (Å²) in [6, 6.07) is 0. The van der Waals surface area contributed by atoms with Crippen LogP contribution in [0, 0.1) is 0 Å². The van der Waals surface area contributed by atoms with Gasteiger partial charge in [0.1, 0.15) is 5.70 Å². The van der Waals surface area contributed by atoms with E-state index in [-0.39, 0.29) is 5.70 Å². The normalized spacial score (nSPS) is 11.1. The summed E-state index contributed by atoms with van der Waals surface area (Å²) in [6.07, 6.45) is 5.99. The van der Waals surface area contributed by atoms with Crippen LogP contribution in [0.3, 0.4) is 0 Å². The van der Waals surface area contributed by atoms with Crippen molar-refractivity contribution in [3.63, 3.8) is 0 Å². The van der Waals surface area contributed by atoms with Crippen LogP contribution in [0.5, 0.6) is 0 Å². The molecule has 2 N–H and O–H groups in total. The molecule has 1 rings (SSSR count). The number of nitrogens with zero attached hydrogens (tertiary/aromatic N) is 2. The van der Waals surface area contributed by atoms with Crippen molar-refractivity contribution >= 4 is 12.0 Å². The Morgan fingerprint density at radius 3 is 3.00 bits per heavy atom. The molecule has 1 aromatic rings. The summed E-state index contributed by atoms with van der Waals surface area (Å²) >= 11 is 0. The van der Waals surface area contributed by atoms with E-state index >= 15 is 0 Å². The molecule has 0 radical (unpaired) electrons. The van der Waals surface area contributed by atoms with E-state index in [0.717, 1.165) is 0 Å². The molecular formula is C9H11N3O2. The second-order valence-corrected chi connectivity index (χ2v) is 2.45. The zero-order chi connectivity index (χ0) is 10.4. The first-order valence-corrected chi connectivity index (χ1v) is 4.14. The maximum absolute atomic E-state index is 11.1. The van der Waals surface area contributed by atoms with Crippen molar-refractivity contribution in [2.45, 2.75) is 6.92 Å². The average Bonchev–Trinajstić information content (AvgIpc) is 2.19. The fourth-order valence-corrected chi connectivity index (χ4v) is 0.818. The van der Waals surface area contributed by atoms with Crippen LogP contribution in [0.25, 0.3) is 6.08 Å². The Morgan fingerprint density at radius 1 is 1.64 bits per heavy atom. The van der Waals surface area contributed by atoms with E-state index in [2.05, 4.69) is 9.97 Å². The molecule has 0 aliphatic carbocycles. The topological polar surface area (TPSA) is 78.1 Å². The van der Waals surface area contributed by atoms with Crippen LogP contribution in [-0.2, 0) is 9.53 Å². The summed E-state index contributed by atoms with van der Waals surface area (Å²) in [6.45, 7) is 2.02. The zero-order valence-corrected chi connectivity index (χ0v) is 7.80. The minimum Gasteiger partial charge on any atom is -0.461 e. The third-order valence-corrected chi connectivity index (χ3v) is 1.40. The Hall–Kier alpha value is -1.91. The van der Waals surface area contributed by atoms with Gasteiger partial charge in [0.25, 0.3) is 0 Å². The van der Waals surface area contributed by atoms with Crippen LogP contribution in [0.1, 0.15) is 12.6 Å². The number of nitrogens with two attached hydrogens (primary N) is 1. The van der Waals surface area contributed by atoms with Crippen molar-refractivity contribution < 1.29 is 9.53 Å². The average molecular weight is 193 g/mol. The van der Waals surface area contributed by atoms with E-state index < -0.39 is 5.97 Å². The molecule has 0 amide bonds. The molecular weight excluding hydrogens is 182 g/mol. The Morgan fingerprint density at radius 2 is 2.43 bits per heavy atom. The summed E-state index contributed by atoms with van der Waals surface area (Å²) in [5, 5.41) is 0. The maximum Gasteiger partial charge on any atom is 0.354 e. The number of carbonyl (C=O) groups is 1. The summed E-state index contributed by atoms with van der Waals surface area (Å²) in [5.41, 5.74) is 6.00. The summed E-state index contributed by atoms with van der Waals surface area (Å²) in [7, 11) is 0. The first-order chi connectivity index (χ1) is 6.74. The Kier molecular flexibility index (Phi) is 3.60. The van der Waals surface area contributed by atoms with Crippen molar-refractivity contribution in [2.75, 3.05) is 6.61 Å². The minimum absolute atomic E-state index is 0.0207. The summed E-state index contributed by atoms with van der Waals surface area (Å²) in [4.78, 5) is 18.8. The molecule has 0 fully saturated rings. The number of esters is 1. The van der Waals surface area contributed by atoms with Gasteiger partial charge in [-0.15, -0.1) is 0 Å². The molecule has 1 aromatic heterocycles. The van der Waals surface area contributed by atoms with Crippen molar-refractivity contribution in [2.24, 2.45) is 5.73 Å². The van der Waals surface area contributed by atoms with Gasteiger partial charge in [-0.1, -0.05) is 0 Å². The van der Waals surface area contributed by atoms with E-state index in [4.69, 9.17) is 10.5 Å². The van der Waals surface area contributed by atoms with E-state index in [0.29, 0.717) is 12.3 Å². The van der Waals surface area contributed by atoms with Crippen LogP contribution in [0.4, 0.5) is 0 Å². The van der Waals surface area contributed by atoms with Gasteiger partial charge >= 0.3 is 5.97 Å². The van der Waals surface area contributed by atoms with Crippen LogP contribution in [-0.4, -0.2) is 22.5 Å². The SMILES string of the molecule is CCOC(=O)/C(N)=C/c1cnccn1. The molecule has 14 heavy (non-hydrogen) atoms. The number of hydrogen-bond acceptors (Lipinski definition) is 5. The van der Waals surface area contributed by atoms with Crippen molar-refractivity contribution in [3.8, 4) is 0 Å². The van der Waals surface area contributed by atoms with E-state index in [1.165, 1.54) is 24.7 Å². The quantitative estimate of drug-likeness (QED) is 0.553. The minimum atomic E-state index is -0.543. The standard InChI is InChI=1S/C9H11N3O2/c1-2-14-9(13)8(10)5-7-6-11-3-4-12-7/h3-6H,2,10H2,1H3/b8-5-. The van der Waals surface area contributed by atoms with E-state index in [9.17, 15) is 4.79 Å². The van der Waals surface area contributed by atoms with Gasteiger partial charge < -0.3 is 10.5 Å². The molecule has 0 saturated heterocycles. The highest BCUT2D eigenvalue weighted by molar-refractivity contribution is 5.92. The van der Waals surface area contributed by atoms with Crippen molar-refractivity contribution in [1.29, 1.82) is 0 Å². The second-order valence-electron chi connectivity index (χ2n) is 2.45. The Balaban J connectivity index is 2.74.